The van der Waals surface area contributed by atoms with Gasteiger partial charge in [-0.25, -0.2) is 18.0 Å². The van der Waals surface area contributed by atoms with Crippen LogP contribution in [0.4, 0.5) is 4.79 Å². The smallest absolute Gasteiger partial charge is 0.426 e. The molecule has 2 atom stereocenters. The Morgan fingerprint density at radius 1 is 1.32 bits per heavy atom. The molecule has 0 unspecified atom stereocenters. The highest BCUT2D eigenvalue weighted by Crippen LogP contribution is 2.45. The summed E-state index contributed by atoms with van der Waals surface area (Å²) in [7, 11) is -3.68. The Morgan fingerprint density at radius 2 is 1.95 bits per heavy atom. The average molecular weight is 400 g/mol. The zero-order valence-corrected chi connectivity index (χ0v) is 14.2. The summed E-state index contributed by atoms with van der Waals surface area (Å²) in [5, 5.41) is -0.994. The lowest BCUT2D eigenvalue weighted by molar-refractivity contribution is -0.168. The van der Waals surface area contributed by atoms with Gasteiger partial charge in [-0.3, -0.25) is 4.79 Å². The maximum atomic E-state index is 12.3. The van der Waals surface area contributed by atoms with Gasteiger partial charge in [0.15, 0.2) is 9.84 Å². The lowest BCUT2D eigenvalue weighted by Crippen LogP contribution is -2.57. The van der Waals surface area contributed by atoms with Crippen LogP contribution in [-0.4, -0.2) is 59.8 Å². The van der Waals surface area contributed by atoms with Crippen LogP contribution in [0.3, 0.4) is 0 Å². The van der Waals surface area contributed by atoms with Gasteiger partial charge in [0.1, 0.15) is 16.9 Å². The normalized spacial score (nSPS) is 27.6. The van der Waals surface area contributed by atoms with Crippen molar-refractivity contribution >= 4 is 43.8 Å². The number of nitrogens with zero attached hydrogens (tertiary/aromatic N) is 1. The van der Waals surface area contributed by atoms with Crippen LogP contribution < -0.4 is 0 Å². The van der Waals surface area contributed by atoms with Crippen molar-refractivity contribution in [1.29, 1.82) is 0 Å². The molecule has 0 saturated carbocycles. The maximum Gasteiger partial charge on any atom is 0.512 e. The number of esters is 1. The van der Waals surface area contributed by atoms with Crippen LogP contribution in [0.5, 0.6) is 0 Å². The van der Waals surface area contributed by atoms with Crippen molar-refractivity contribution in [2.45, 2.75) is 36.4 Å². The average Bonchev–Trinajstić information content (AvgIpc) is 2.53. The minimum Gasteiger partial charge on any atom is -0.426 e. The molecule has 22 heavy (non-hydrogen) atoms. The summed E-state index contributed by atoms with van der Waals surface area (Å²) in [4.78, 5) is 35.7. The lowest BCUT2D eigenvalue weighted by atomic mass is 9.98. The van der Waals surface area contributed by atoms with E-state index in [0.717, 1.165) is 4.90 Å². The van der Waals surface area contributed by atoms with Crippen molar-refractivity contribution in [1.82, 2.24) is 4.90 Å². The summed E-state index contributed by atoms with van der Waals surface area (Å²) in [6.45, 7) is 1.99. The number of β-lactam (4-membered cyclic amide) rings is 1. The number of halogens is 1. The van der Waals surface area contributed by atoms with Gasteiger partial charge >= 0.3 is 12.1 Å². The summed E-state index contributed by atoms with van der Waals surface area (Å²) in [5.41, 5.74) is -0.0857. The third kappa shape index (κ3) is 2.45. The van der Waals surface area contributed by atoms with E-state index < -0.39 is 50.8 Å². The topological polar surface area (TPSA) is 116 Å². The number of hydrogen-bond acceptors (Lipinski definition) is 8. The molecule has 2 aliphatic rings. The van der Waals surface area contributed by atoms with Gasteiger partial charge in [0.05, 0.1) is 11.2 Å². The monoisotopic (exact) mass is 399 g/mol. The molecule has 0 aromatic carbocycles. The third-order valence-electron chi connectivity index (χ3n) is 3.75. The number of alkyl halides is 1. The number of rotatable bonds is 4. The zero-order valence-electron chi connectivity index (χ0n) is 11.8. The first-order chi connectivity index (χ1) is 10.1. The van der Waals surface area contributed by atoms with Gasteiger partial charge in [-0.2, -0.15) is 0 Å². The Kier molecular flexibility index (Phi) is 4.39. The Balaban J connectivity index is 2.06. The maximum absolute atomic E-state index is 12.3. The highest BCUT2D eigenvalue weighted by Gasteiger charge is 2.68. The molecule has 0 aromatic rings. The van der Waals surface area contributed by atoms with Crippen molar-refractivity contribution in [3.8, 4) is 0 Å². The van der Waals surface area contributed by atoms with Gasteiger partial charge in [-0.05, 0) is 29.8 Å². The molecular formula is C11H14BrNO8S. The number of carbonyl (C=O) groups is 3. The van der Waals surface area contributed by atoms with Crippen molar-refractivity contribution in [2.75, 3.05) is 12.3 Å². The fraction of sp³-hybridized carbons (Fsp3) is 0.727. The minimum atomic E-state index is -3.68. The molecule has 9 nitrogen and oxygen atoms in total. The predicted molar refractivity (Wildman–Crippen MR) is 74.4 cm³/mol. The van der Waals surface area contributed by atoms with Gasteiger partial charge in [-0.1, -0.05) is 0 Å². The van der Waals surface area contributed by atoms with Gasteiger partial charge in [0.25, 0.3) is 0 Å². The van der Waals surface area contributed by atoms with Crippen LogP contribution in [0.15, 0.2) is 0 Å². The van der Waals surface area contributed by atoms with Crippen LogP contribution in [0.2, 0.25) is 0 Å². The van der Waals surface area contributed by atoms with E-state index >= 15 is 0 Å². The van der Waals surface area contributed by atoms with Crippen LogP contribution in [0, 0.1) is 0 Å². The SMILES string of the molecule is CC1(C)[C@H](C(=O)OCOC(=O)OCBr)N2C(=O)C[C@H]2S1(=O)=O. The van der Waals surface area contributed by atoms with Gasteiger partial charge in [-0.15, -0.1) is 0 Å². The van der Waals surface area contributed by atoms with E-state index in [0.29, 0.717) is 0 Å². The summed E-state index contributed by atoms with van der Waals surface area (Å²) < 4.78 is 36.7. The molecule has 2 fully saturated rings. The van der Waals surface area contributed by atoms with Gasteiger partial charge in [0.2, 0.25) is 12.7 Å². The molecular weight excluding hydrogens is 386 g/mol. The number of fused-ring (bicyclic) bond motifs is 1. The highest BCUT2D eigenvalue weighted by atomic mass is 79.9. The van der Waals surface area contributed by atoms with Crippen LogP contribution in [-0.2, 0) is 33.6 Å². The molecule has 1 amide bonds. The summed E-state index contributed by atoms with van der Waals surface area (Å²) in [6, 6.07) is -1.26. The Hall–Kier alpha value is -1.36. The van der Waals surface area contributed by atoms with E-state index in [1.807, 2.05) is 0 Å². The van der Waals surface area contributed by atoms with Crippen LogP contribution >= 0.6 is 15.9 Å². The molecule has 0 aromatic heterocycles. The van der Waals surface area contributed by atoms with E-state index in [1.54, 1.807) is 0 Å². The number of sulfone groups is 1. The first-order valence-electron chi connectivity index (χ1n) is 6.21. The standard InChI is InChI=1S/C11H14BrNO8S/c1-11(2)8(9(15)20-5-21-10(16)19-4-12)13-6(14)3-7(13)22(11,17)18/h7-8H,3-5H2,1-2H3/t7-,8+/m1/s1. The molecule has 2 saturated heterocycles. The Labute approximate surface area is 134 Å². The number of amides is 1. The molecule has 0 spiro atoms. The molecule has 2 heterocycles. The fourth-order valence-electron chi connectivity index (χ4n) is 2.51. The second-order valence-corrected chi connectivity index (χ2v) is 8.38. The molecule has 2 aliphatic heterocycles. The lowest BCUT2D eigenvalue weighted by Gasteiger charge is -2.36. The van der Waals surface area contributed by atoms with E-state index in [4.69, 9.17) is 4.74 Å². The minimum absolute atomic E-state index is 0.0857. The molecule has 0 bridgehead atoms. The second-order valence-electron chi connectivity index (χ2n) is 5.24. The van der Waals surface area contributed by atoms with Crippen molar-refractivity contribution in [2.24, 2.45) is 0 Å². The summed E-state index contributed by atoms with van der Waals surface area (Å²) >= 11 is 2.84. The quantitative estimate of drug-likeness (QED) is 0.283. The number of hydrogen-bond donors (Lipinski definition) is 0. The summed E-state index contributed by atoms with van der Waals surface area (Å²) in [6.07, 6.45) is -1.19. The van der Waals surface area contributed by atoms with E-state index in [1.165, 1.54) is 13.8 Å². The molecule has 0 N–H and O–H groups in total. The van der Waals surface area contributed by atoms with Crippen molar-refractivity contribution in [3.63, 3.8) is 0 Å². The fourth-order valence-corrected chi connectivity index (χ4v) is 4.82. The molecule has 0 radical (unpaired) electrons. The van der Waals surface area contributed by atoms with E-state index in [-0.39, 0.29) is 11.9 Å². The molecule has 0 aliphatic carbocycles. The number of carbonyl (C=O) groups excluding carboxylic acids is 3. The predicted octanol–water partition coefficient (Wildman–Crippen LogP) is 0.127. The first-order valence-corrected chi connectivity index (χ1v) is 8.88. The van der Waals surface area contributed by atoms with E-state index in [9.17, 15) is 22.8 Å². The molecule has 124 valence electrons. The van der Waals surface area contributed by atoms with Crippen molar-refractivity contribution < 1.29 is 37.0 Å². The Morgan fingerprint density at radius 3 is 2.50 bits per heavy atom. The first kappa shape index (κ1) is 17.0. The van der Waals surface area contributed by atoms with Crippen LogP contribution in [0.25, 0.3) is 0 Å². The molecule has 2 rings (SSSR count). The molecule has 11 heteroatoms. The Bertz CT molecular complexity index is 616. The third-order valence-corrected chi connectivity index (χ3v) is 6.78. The highest BCUT2D eigenvalue weighted by molar-refractivity contribution is 9.09. The van der Waals surface area contributed by atoms with Crippen LogP contribution in [0.1, 0.15) is 20.3 Å². The zero-order chi connectivity index (χ0) is 16.7. The largest absolute Gasteiger partial charge is 0.512 e. The van der Waals surface area contributed by atoms with E-state index in [2.05, 4.69) is 25.4 Å². The summed E-state index contributed by atoms with van der Waals surface area (Å²) in [5.74, 6) is -1.38. The number of ether oxygens (including phenoxy) is 3. The van der Waals surface area contributed by atoms with Crippen molar-refractivity contribution in [3.05, 3.63) is 0 Å². The van der Waals surface area contributed by atoms with Gasteiger partial charge < -0.3 is 19.1 Å². The second kappa shape index (κ2) is 5.69. The van der Waals surface area contributed by atoms with Gasteiger partial charge in [0, 0.05) is 0 Å².